The molecule has 0 atom stereocenters. The van der Waals surface area contributed by atoms with Crippen molar-refractivity contribution in [3.63, 3.8) is 0 Å². The van der Waals surface area contributed by atoms with E-state index < -0.39 is 0 Å². The summed E-state index contributed by atoms with van der Waals surface area (Å²) in [6.45, 7) is 1.19. The normalized spacial score (nSPS) is 10.2. The van der Waals surface area contributed by atoms with E-state index in [-0.39, 0.29) is 5.91 Å². The van der Waals surface area contributed by atoms with Crippen molar-refractivity contribution in [2.24, 2.45) is 0 Å². The van der Waals surface area contributed by atoms with Crippen LogP contribution in [0.5, 0.6) is 0 Å². The number of carbonyl (C=O) groups excluding carboxylic acids is 1. The molecular weight excluding hydrogens is 254 g/mol. The summed E-state index contributed by atoms with van der Waals surface area (Å²) in [6, 6.07) is 13.2. The van der Waals surface area contributed by atoms with E-state index in [0.29, 0.717) is 18.8 Å². The van der Waals surface area contributed by atoms with Gasteiger partial charge in [0.15, 0.2) is 5.69 Å². The van der Waals surface area contributed by atoms with Crippen molar-refractivity contribution in [3.05, 3.63) is 48.2 Å². The van der Waals surface area contributed by atoms with Gasteiger partial charge in [-0.25, -0.2) is 0 Å². The highest BCUT2D eigenvalue weighted by Crippen LogP contribution is 2.14. The van der Waals surface area contributed by atoms with E-state index in [4.69, 9.17) is 4.74 Å². The average Bonchev–Trinajstić information content (AvgIpc) is 2.52. The Bertz CT molecular complexity index is 541. The van der Waals surface area contributed by atoms with Crippen LogP contribution in [0.1, 0.15) is 16.9 Å². The molecule has 0 aliphatic carbocycles. The van der Waals surface area contributed by atoms with E-state index in [9.17, 15) is 4.79 Å². The van der Waals surface area contributed by atoms with Crippen LogP contribution in [0.15, 0.2) is 42.5 Å². The smallest absolute Gasteiger partial charge is 0.271 e. The van der Waals surface area contributed by atoms with Crippen molar-refractivity contribution in [2.45, 2.75) is 6.42 Å². The zero-order valence-corrected chi connectivity index (χ0v) is 11.4. The number of rotatable bonds is 6. The molecule has 0 spiro atoms. The molecule has 5 heteroatoms. The molecule has 2 rings (SSSR count). The van der Waals surface area contributed by atoms with Crippen LogP contribution in [-0.4, -0.2) is 36.4 Å². The molecule has 1 aromatic carbocycles. The second-order valence-corrected chi connectivity index (χ2v) is 4.27. The summed E-state index contributed by atoms with van der Waals surface area (Å²) < 4.78 is 4.91. The first-order valence-corrected chi connectivity index (χ1v) is 6.47. The molecule has 0 fully saturated rings. The fourth-order valence-corrected chi connectivity index (χ4v) is 1.73. The third kappa shape index (κ3) is 3.86. The summed E-state index contributed by atoms with van der Waals surface area (Å²) in [6.07, 6.45) is 0.776. The quantitative estimate of drug-likeness (QED) is 0.815. The topological polar surface area (TPSA) is 64.1 Å². The van der Waals surface area contributed by atoms with Crippen LogP contribution in [0, 0.1) is 0 Å². The zero-order valence-electron chi connectivity index (χ0n) is 11.4. The number of ether oxygens (including phenoxy) is 1. The molecule has 0 saturated heterocycles. The molecule has 0 radical (unpaired) electrons. The fourth-order valence-electron chi connectivity index (χ4n) is 1.73. The van der Waals surface area contributed by atoms with Gasteiger partial charge >= 0.3 is 0 Å². The average molecular weight is 271 g/mol. The van der Waals surface area contributed by atoms with Gasteiger partial charge in [0.25, 0.3) is 5.91 Å². The third-order valence-corrected chi connectivity index (χ3v) is 2.78. The van der Waals surface area contributed by atoms with Crippen molar-refractivity contribution >= 4 is 5.91 Å². The first kappa shape index (κ1) is 14.1. The van der Waals surface area contributed by atoms with Crippen LogP contribution < -0.4 is 5.32 Å². The Balaban J connectivity index is 1.96. The summed E-state index contributed by atoms with van der Waals surface area (Å²) in [7, 11) is 1.63. The first-order valence-electron chi connectivity index (χ1n) is 6.47. The van der Waals surface area contributed by atoms with Crippen LogP contribution >= 0.6 is 0 Å². The van der Waals surface area contributed by atoms with Crippen molar-refractivity contribution in [1.82, 2.24) is 15.5 Å². The molecule has 1 heterocycles. The SMILES string of the molecule is COCCCNC(=O)c1ccc(-c2ccccc2)nn1. The number of carbonyl (C=O) groups is 1. The molecule has 5 nitrogen and oxygen atoms in total. The van der Waals surface area contributed by atoms with Crippen molar-refractivity contribution in [3.8, 4) is 11.3 Å². The van der Waals surface area contributed by atoms with E-state index >= 15 is 0 Å². The largest absolute Gasteiger partial charge is 0.385 e. The maximum Gasteiger partial charge on any atom is 0.271 e. The predicted octanol–water partition coefficient (Wildman–Crippen LogP) is 1.91. The highest BCUT2D eigenvalue weighted by atomic mass is 16.5. The van der Waals surface area contributed by atoms with Crippen LogP contribution in [0.4, 0.5) is 0 Å². The van der Waals surface area contributed by atoms with Gasteiger partial charge in [-0.05, 0) is 18.6 Å². The summed E-state index contributed by atoms with van der Waals surface area (Å²) in [5.74, 6) is -0.215. The Morgan fingerprint density at radius 1 is 1.15 bits per heavy atom. The van der Waals surface area contributed by atoms with Gasteiger partial charge in [-0.15, -0.1) is 10.2 Å². The monoisotopic (exact) mass is 271 g/mol. The zero-order chi connectivity index (χ0) is 14.2. The Morgan fingerprint density at radius 3 is 2.60 bits per heavy atom. The summed E-state index contributed by atoms with van der Waals surface area (Å²) in [4.78, 5) is 11.8. The van der Waals surface area contributed by atoms with Crippen molar-refractivity contribution in [1.29, 1.82) is 0 Å². The van der Waals surface area contributed by atoms with Crippen LogP contribution in [0.25, 0.3) is 11.3 Å². The van der Waals surface area contributed by atoms with Gasteiger partial charge in [0.2, 0.25) is 0 Å². The van der Waals surface area contributed by atoms with Crippen LogP contribution in [0.2, 0.25) is 0 Å². The lowest BCUT2D eigenvalue weighted by Gasteiger charge is -2.04. The molecule has 1 N–H and O–H groups in total. The number of methoxy groups -OCH3 is 1. The van der Waals surface area contributed by atoms with Gasteiger partial charge in [-0.1, -0.05) is 30.3 Å². The molecule has 1 amide bonds. The lowest BCUT2D eigenvalue weighted by molar-refractivity contribution is 0.0942. The molecule has 104 valence electrons. The first-order chi connectivity index (χ1) is 9.81. The summed E-state index contributed by atoms with van der Waals surface area (Å²) >= 11 is 0. The van der Waals surface area contributed by atoms with Crippen molar-refractivity contribution < 1.29 is 9.53 Å². The molecule has 0 aliphatic rings. The molecule has 2 aromatic rings. The maximum absolute atomic E-state index is 11.8. The molecule has 0 bridgehead atoms. The van der Waals surface area contributed by atoms with Crippen molar-refractivity contribution in [2.75, 3.05) is 20.3 Å². The number of nitrogens with one attached hydrogen (secondary N) is 1. The lowest BCUT2D eigenvalue weighted by atomic mass is 10.1. The molecule has 20 heavy (non-hydrogen) atoms. The van der Waals surface area contributed by atoms with Gasteiger partial charge in [0.05, 0.1) is 5.69 Å². The van der Waals surface area contributed by atoms with E-state index in [1.807, 2.05) is 30.3 Å². The number of hydrogen-bond donors (Lipinski definition) is 1. The Kier molecular flexibility index (Phi) is 5.20. The van der Waals surface area contributed by atoms with Gasteiger partial charge in [0, 0.05) is 25.8 Å². The summed E-state index contributed by atoms with van der Waals surface area (Å²) in [5.41, 5.74) is 2.05. The second-order valence-electron chi connectivity index (χ2n) is 4.27. The highest BCUT2D eigenvalue weighted by molar-refractivity contribution is 5.92. The fraction of sp³-hybridized carbons (Fsp3) is 0.267. The van der Waals surface area contributed by atoms with E-state index in [1.165, 1.54) is 0 Å². The Hall–Kier alpha value is -2.27. The lowest BCUT2D eigenvalue weighted by Crippen LogP contribution is -2.26. The maximum atomic E-state index is 11.8. The van der Waals surface area contributed by atoms with Gasteiger partial charge < -0.3 is 10.1 Å². The number of nitrogens with zero attached hydrogens (tertiary/aromatic N) is 2. The minimum absolute atomic E-state index is 0.215. The molecule has 0 saturated carbocycles. The minimum atomic E-state index is -0.215. The van der Waals surface area contributed by atoms with Gasteiger partial charge in [0.1, 0.15) is 0 Å². The number of hydrogen-bond acceptors (Lipinski definition) is 4. The summed E-state index contributed by atoms with van der Waals surface area (Å²) in [5, 5.41) is 10.8. The third-order valence-electron chi connectivity index (χ3n) is 2.78. The Labute approximate surface area is 118 Å². The van der Waals surface area contributed by atoms with Crippen LogP contribution in [0.3, 0.4) is 0 Å². The number of amides is 1. The molecule has 0 unspecified atom stereocenters. The van der Waals surface area contributed by atoms with E-state index in [2.05, 4.69) is 15.5 Å². The second kappa shape index (κ2) is 7.35. The van der Waals surface area contributed by atoms with Gasteiger partial charge in [-0.3, -0.25) is 4.79 Å². The molecule has 1 aromatic heterocycles. The molecule has 0 aliphatic heterocycles. The minimum Gasteiger partial charge on any atom is -0.385 e. The predicted molar refractivity (Wildman–Crippen MR) is 76.3 cm³/mol. The number of aromatic nitrogens is 2. The van der Waals surface area contributed by atoms with Gasteiger partial charge in [-0.2, -0.15) is 0 Å². The highest BCUT2D eigenvalue weighted by Gasteiger charge is 2.07. The number of benzene rings is 1. The van der Waals surface area contributed by atoms with Crippen LogP contribution in [-0.2, 0) is 4.74 Å². The molecular formula is C15H17N3O2. The van der Waals surface area contributed by atoms with E-state index in [0.717, 1.165) is 17.7 Å². The standard InChI is InChI=1S/C15H17N3O2/c1-20-11-5-10-16-15(19)14-9-8-13(17-18-14)12-6-3-2-4-7-12/h2-4,6-9H,5,10-11H2,1H3,(H,16,19). The van der Waals surface area contributed by atoms with E-state index in [1.54, 1.807) is 19.2 Å². The Morgan fingerprint density at radius 2 is 1.95 bits per heavy atom.